The number of hydrogen-bond donors (Lipinski definition) is 1. The number of fused-ring (bicyclic) bond motifs is 2. The quantitative estimate of drug-likeness (QED) is 0.469. The van der Waals surface area contributed by atoms with E-state index in [1.807, 2.05) is 25.1 Å². The van der Waals surface area contributed by atoms with Crippen LogP contribution in [0.15, 0.2) is 63.8 Å². The minimum Gasteiger partial charge on any atom is -0.494 e. The first-order valence-corrected chi connectivity index (χ1v) is 10.8. The molecular weight excluding hydrogens is 406 g/mol. The van der Waals surface area contributed by atoms with E-state index in [4.69, 9.17) is 9.15 Å². The molecule has 2 heterocycles. The van der Waals surface area contributed by atoms with Crippen molar-refractivity contribution in [1.29, 1.82) is 0 Å². The number of amides is 1. The molecule has 2 aliphatic heterocycles. The highest BCUT2D eigenvalue weighted by Gasteiger charge is 2.17. The highest BCUT2D eigenvalue weighted by atomic mass is 16.5. The molecule has 0 radical (unpaired) electrons. The Balaban J connectivity index is 1.44. The number of ether oxygens (including phenoxy) is 1. The Labute approximate surface area is 185 Å². The van der Waals surface area contributed by atoms with Crippen LogP contribution in [0.4, 0.5) is 11.4 Å². The Hall–Kier alpha value is -3.87. The molecule has 0 saturated carbocycles. The smallest absolute Gasteiger partial charge is 0.255 e. The van der Waals surface area contributed by atoms with Gasteiger partial charge in [-0.25, -0.2) is 4.98 Å². The SMILES string of the molecule is CCOc1ccc(C(=O)Nc2cc3nc4ccc(N5CCCC5)cc4oc-3cc2=O)cc1. The van der Waals surface area contributed by atoms with Gasteiger partial charge in [0.1, 0.15) is 17.0 Å². The molecule has 7 nitrogen and oxygen atoms in total. The van der Waals surface area contributed by atoms with Gasteiger partial charge in [-0.2, -0.15) is 0 Å². The molecule has 2 aromatic carbocycles. The van der Waals surface area contributed by atoms with Crippen molar-refractivity contribution < 1.29 is 13.9 Å². The van der Waals surface area contributed by atoms with Crippen LogP contribution in [0.25, 0.3) is 22.6 Å². The highest BCUT2D eigenvalue weighted by Crippen LogP contribution is 2.29. The van der Waals surface area contributed by atoms with Gasteiger partial charge in [0.2, 0.25) is 5.43 Å². The summed E-state index contributed by atoms with van der Waals surface area (Å²) < 4.78 is 11.4. The average Bonchev–Trinajstić information content (AvgIpc) is 3.34. The maximum Gasteiger partial charge on any atom is 0.255 e. The molecule has 162 valence electrons. The summed E-state index contributed by atoms with van der Waals surface area (Å²) in [6.07, 6.45) is 2.38. The minimum atomic E-state index is -0.377. The van der Waals surface area contributed by atoms with E-state index in [-0.39, 0.29) is 17.0 Å². The zero-order valence-electron chi connectivity index (χ0n) is 17.8. The lowest BCUT2D eigenvalue weighted by Gasteiger charge is -2.18. The molecule has 1 aliphatic carbocycles. The molecule has 1 saturated heterocycles. The zero-order valence-corrected chi connectivity index (χ0v) is 17.8. The van der Waals surface area contributed by atoms with Crippen LogP contribution in [0.2, 0.25) is 0 Å². The van der Waals surface area contributed by atoms with Crippen LogP contribution in [-0.2, 0) is 0 Å². The Morgan fingerprint density at radius 2 is 1.88 bits per heavy atom. The molecule has 5 rings (SSSR count). The van der Waals surface area contributed by atoms with Gasteiger partial charge in [-0.1, -0.05) is 0 Å². The van der Waals surface area contributed by atoms with Crippen molar-refractivity contribution in [2.75, 3.05) is 29.9 Å². The molecule has 0 aromatic heterocycles. The third-order valence-corrected chi connectivity index (χ3v) is 5.61. The van der Waals surface area contributed by atoms with Gasteiger partial charge in [0.05, 0.1) is 12.3 Å². The van der Waals surface area contributed by atoms with Crippen LogP contribution >= 0.6 is 0 Å². The predicted octanol–water partition coefficient (Wildman–Crippen LogP) is 4.54. The van der Waals surface area contributed by atoms with E-state index in [0.717, 1.165) is 18.8 Å². The monoisotopic (exact) mass is 429 g/mol. The molecule has 3 aliphatic rings. The molecule has 1 N–H and O–H groups in total. The predicted molar refractivity (Wildman–Crippen MR) is 124 cm³/mol. The summed E-state index contributed by atoms with van der Waals surface area (Å²) in [5.74, 6) is 0.697. The van der Waals surface area contributed by atoms with Gasteiger partial charge in [0.25, 0.3) is 5.91 Å². The molecule has 0 atom stereocenters. The van der Waals surface area contributed by atoms with Crippen LogP contribution in [0.5, 0.6) is 5.75 Å². The van der Waals surface area contributed by atoms with Gasteiger partial charge in [-0.3, -0.25) is 9.59 Å². The number of anilines is 2. The van der Waals surface area contributed by atoms with Crippen molar-refractivity contribution in [2.45, 2.75) is 19.8 Å². The lowest BCUT2D eigenvalue weighted by molar-refractivity contribution is 0.102. The normalized spacial score (nSPS) is 13.6. The second kappa shape index (κ2) is 8.34. The van der Waals surface area contributed by atoms with E-state index in [1.165, 1.54) is 18.9 Å². The molecule has 0 spiro atoms. The summed E-state index contributed by atoms with van der Waals surface area (Å²) in [5, 5.41) is 2.68. The van der Waals surface area contributed by atoms with Crippen molar-refractivity contribution in [3.63, 3.8) is 0 Å². The molecule has 1 amide bonds. The van der Waals surface area contributed by atoms with E-state index < -0.39 is 0 Å². The molecule has 0 bridgehead atoms. The first kappa shape index (κ1) is 20.1. The third kappa shape index (κ3) is 3.89. The number of carbonyl (C=O) groups excluding carboxylic acids is 1. The van der Waals surface area contributed by atoms with Gasteiger partial charge in [0.15, 0.2) is 11.3 Å². The topological polar surface area (TPSA) is 84.7 Å². The summed E-state index contributed by atoms with van der Waals surface area (Å²) in [6, 6.07) is 15.6. The molecule has 1 fully saturated rings. The second-order valence-electron chi connectivity index (χ2n) is 7.79. The number of nitrogens with one attached hydrogen (secondary N) is 1. The number of hydrogen-bond acceptors (Lipinski definition) is 6. The van der Waals surface area contributed by atoms with E-state index in [2.05, 4.69) is 15.2 Å². The number of nitrogens with zero attached hydrogens (tertiary/aromatic N) is 2. The van der Waals surface area contributed by atoms with Crippen LogP contribution in [0.1, 0.15) is 30.1 Å². The van der Waals surface area contributed by atoms with Gasteiger partial charge < -0.3 is 19.4 Å². The number of rotatable bonds is 5. The molecule has 2 aromatic rings. The Kier molecular flexibility index (Phi) is 5.23. The van der Waals surface area contributed by atoms with E-state index in [9.17, 15) is 9.59 Å². The van der Waals surface area contributed by atoms with Crippen molar-refractivity contribution in [3.8, 4) is 17.2 Å². The van der Waals surface area contributed by atoms with Crippen LogP contribution in [0.3, 0.4) is 0 Å². The van der Waals surface area contributed by atoms with Crippen LogP contribution in [-0.4, -0.2) is 30.6 Å². The molecule has 7 heteroatoms. The highest BCUT2D eigenvalue weighted by molar-refractivity contribution is 6.04. The van der Waals surface area contributed by atoms with E-state index in [0.29, 0.717) is 40.5 Å². The Bertz CT molecular complexity index is 1310. The lowest BCUT2D eigenvalue weighted by atomic mass is 10.1. The summed E-state index contributed by atoms with van der Waals surface area (Å²) in [6.45, 7) is 4.52. The molecular formula is C25H23N3O4. The molecule has 32 heavy (non-hydrogen) atoms. The van der Waals surface area contributed by atoms with Gasteiger partial charge in [0, 0.05) is 36.5 Å². The summed E-state index contributed by atoms with van der Waals surface area (Å²) >= 11 is 0. The fourth-order valence-corrected chi connectivity index (χ4v) is 3.98. The first-order valence-electron chi connectivity index (χ1n) is 10.8. The van der Waals surface area contributed by atoms with Gasteiger partial charge in [-0.15, -0.1) is 0 Å². The van der Waals surface area contributed by atoms with Crippen LogP contribution < -0.4 is 20.4 Å². The fourth-order valence-electron chi connectivity index (χ4n) is 3.98. The summed E-state index contributed by atoms with van der Waals surface area (Å²) in [7, 11) is 0. The number of benzene rings is 3. The number of aromatic nitrogens is 1. The minimum absolute atomic E-state index is 0.159. The lowest BCUT2D eigenvalue weighted by Crippen LogP contribution is -2.18. The Morgan fingerprint density at radius 3 is 2.62 bits per heavy atom. The second-order valence-corrected chi connectivity index (χ2v) is 7.79. The third-order valence-electron chi connectivity index (χ3n) is 5.61. The summed E-state index contributed by atoms with van der Waals surface area (Å²) in [5.41, 5.74) is 3.19. The van der Waals surface area contributed by atoms with Crippen molar-refractivity contribution in [3.05, 3.63) is 70.4 Å². The van der Waals surface area contributed by atoms with Gasteiger partial charge >= 0.3 is 0 Å². The average molecular weight is 429 g/mol. The van der Waals surface area contributed by atoms with Crippen molar-refractivity contribution in [2.24, 2.45) is 0 Å². The molecule has 0 unspecified atom stereocenters. The Morgan fingerprint density at radius 1 is 1.09 bits per heavy atom. The van der Waals surface area contributed by atoms with Crippen molar-refractivity contribution in [1.82, 2.24) is 4.98 Å². The van der Waals surface area contributed by atoms with Crippen molar-refractivity contribution >= 4 is 28.4 Å². The first-order chi connectivity index (χ1) is 15.6. The van der Waals surface area contributed by atoms with E-state index >= 15 is 0 Å². The van der Waals surface area contributed by atoms with E-state index in [1.54, 1.807) is 30.3 Å². The summed E-state index contributed by atoms with van der Waals surface area (Å²) in [4.78, 5) is 32.2. The number of carbonyl (C=O) groups is 1. The maximum absolute atomic E-state index is 12.6. The largest absolute Gasteiger partial charge is 0.494 e. The van der Waals surface area contributed by atoms with Crippen LogP contribution in [0, 0.1) is 0 Å². The van der Waals surface area contributed by atoms with Gasteiger partial charge in [-0.05, 0) is 62.2 Å². The fraction of sp³-hybridized carbons (Fsp3) is 0.240. The standard InChI is InChI=1S/C25H23N3O4/c1-2-31-18-8-5-16(6-9-18)25(30)27-20-14-21-24(15-22(20)29)32-23-13-17(7-10-19(23)26-21)28-11-3-4-12-28/h5-10,13-15H,2-4,11-12H2,1H3,(H,27,30). The zero-order chi connectivity index (χ0) is 22.1. The maximum atomic E-state index is 12.6.